The topological polar surface area (TPSA) is 63.7 Å². The maximum atomic E-state index is 14.7. The van der Waals surface area contributed by atoms with E-state index in [-0.39, 0.29) is 24.2 Å². The molecule has 0 bridgehead atoms. The molecule has 0 fully saturated rings. The Balaban J connectivity index is 2.38. The van der Waals surface area contributed by atoms with E-state index in [1.807, 2.05) is 6.92 Å². The minimum Gasteiger partial charge on any atom is -0.461 e. The first-order valence-corrected chi connectivity index (χ1v) is 8.38. The molecule has 1 aliphatic heterocycles. The predicted octanol–water partition coefficient (Wildman–Crippen LogP) is 3.43. The number of benzene rings is 1. The van der Waals surface area contributed by atoms with E-state index in [0.29, 0.717) is 17.7 Å². The van der Waals surface area contributed by atoms with Gasteiger partial charge in [-0.1, -0.05) is 38.3 Å². The fraction of sp³-hybridized carbons (Fsp3) is 0.500. The van der Waals surface area contributed by atoms with Gasteiger partial charge in [0.15, 0.2) is 0 Å². The summed E-state index contributed by atoms with van der Waals surface area (Å²) >= 11 is 0. The number of carbonyl (C=O) groups is 3. The Hall–Kier alpha value is -2.31. The Morgan fingerprint density at radius 2 is 1.68 bits per heavy atom. The number of unbranched alkanes of at least 4 members (excludes halogenated alkanes) is 2. The van der Waals surface area contributed by atoms with Crippen molar-refractivity contribution in [3.05, 3.63) is 35.4 Å². The van der Waals surface area contributed by atoms with Crippen molar-refractivity contribution in [3.63, 3.8) is 0 Å². The monoisotopic (exact) mass is 353 g/mol. The number of nitrogens with zero attached hydrogens (tertiary/aromatic N) is 1. The van der Waals surface area contributed by atoms with Crippen LogP contribution in [0.4, 0.5) is 8.78 Å². The molecule has 0 radical (unpaired) electrons. The summed E-state index contributed by atoms with van der Waals surface area (Å²) in [5.41, 5.74) is 0.153. The Morgan fingerprint density at radius 3 is 2.16 bits per heavy atom. The molecular formula is C18H21F2NO4. The van der Waals surface area contributed by atoms with Gasteiger partial charge < -0.3 is 4.74 Å². The molecule has 1 heterocycles. The molecule has 0 saturated heterocycles. The van der Waals surface area contributed by atoms with Crippen LogP contribution in [0.2, 0.25) is 0 Å². The molecule has 25 heavy (non-hydrogen) atoms. The van der Waals surface area contributed by atoms with Crippen LogP contribution in [0.3, 0.4) is 0 Å². The lowest BCUT2D eigenvalue weighted by atomic mass is 10.0. The fourth-order valence-electron chi connectivity index (χ4n) is 2.91. The number of hydrogen-bond acceptors (Lipinski definition) is 4. The zero-order valence-electron chi connectivity index (χ0n) is 14.3. The Bertz CT molecular complexity index is 640. The number of alkyl halides is 2. The maximum absolute atomic E-state index is 14.7. The Kier molecular flexibility index (Phi) is 5.87. The lowest BCUT2D eigenvalue weighted by Crippen LogP contribution is -2.54. The number of halogens is 2. The molecule has 1 aliphatic rings. The Labute approximate surface area is 144 Å². The van der Waals surface area contributed by atoms with Crippen LogP contribution < -0.4 is 0 Å². The van der Waals surface area contributed by atoms with Crippen molar-refractivity contribution in [2.24, 2.45) is 0 Å². The van der Waals surface area contributed by atoms with E-state index in [9.17, 15) is 23.2 Å². The third kappa shape index (κ3) is 3.55. The van der Waals surface area contributed by atoms with Gasteiger partial charge in [-0.25, -0.2) is 4.79 Å². The van der Waals surface area contributed by atoms with E-state index in [2.05, 4.69) is 4.74 Å². The molecule has 1 aromatic rings. The number of esters is 1. The normalized spacial score (nSPS) is 15.3. The molecule has 1 aromatic carbocycles. The zero-order valence-corrected chi connectivity index (χ0v) is 14.3. The number of amides is 2. The van der Waals surface area contributed by atoms with E-state index in [1.165, 1.54) is 19.1 Å². The molecule has 2 amide bonds. The van der Waals surface area contributed by atoms with Gasteiger partial charge in [-0.05, 0) is 25.5 Å². The largest absolute Gasteiger partial charge is 0.461 e. The smallest absolute Gasteiger partial charge is 0.379 e. The molecule has 0 aliphatic carbocycles. The second-order valence-electron chi connectivity index (χ2n) is 5.88. The second kappa shape index (κ2) is 7.72. The van der Waals surface area contributed by atoms with E-state index in [4.69, 9.17) is 0 Å². The average molecular weight is 353 g/mol. The summed E-state index contributed by atoms with van der Waals surface area (Å²) in [7, 11) is 0. The lowest BCUT2D eigenvalue weighted by molar-refractivity contribution is -0.179. The van der Waals surface area contributed by atoms with Gasteiger partial charge >= 0.3 is 11.9 Å². The molecule has 0 saturated carbocycles. The molecule has 0 N–H and O–H groups in total. The number of imide groups is 1. The fourth-order valence-corrected chi connectivity index (χ4v) is 2.91. The third-order valence-electron chi connectivity index (χ3n) is 4.18. The highest BCUT2D eigenvalue weighted by molar-refractivity contribution is 6.21. The van der Waals surface area contributed by atoms with Gasteiger partial charge in [-0.15, -0.1) is 0 Å². The van der Waals surface area contributed by atoms with Gasteiger partial charge in [0, 0.05) is 0 Å². The second-order valence-corrected chi connectivity index (χ2v) is 5.88. The SMILES string of the molecule is CCCCCC(N1C(=O)c2ccccc2C1=O)C(F)(F)C(=O)OCC. The van der Waals surface area contributed by atoms with Crippen LogP contribution in [0.5, 0.6) is 0 Å². The molecule has 7 heteroatoms. The molecule has 1 atom stereocenters. The summed E-state index contributed by atoms with van der Waals surface area (Å²) in [6.45, 7) is 3.11. The standard InChI is InChI=1S/C18H21F2NO4/c1-3-5-6-11-14(18(19,20)17(24)25-4-2)21-15(22)12-9-7-8-10-13(12)16(21)23/h7-10,14H,3-6,11H2,1-2H3. The van der Waals surface area contributed by atoms with Crippen LogP contribution in [0.25, 0.3) is 0 Å². The first kappa shape index (κ1) is 19.0. The van der Waals surface area contributed by atoms with Gasteiger partial charge in [0.25, 0.3) is 11.8 Å². The first-order chi connectivity index (χ1) is 11.9. The van der Waals surface area contributed by atoms with E-state index < -0.39 is 29.7 Å². The molecule has 2 rings (SSSR count). The minimum atomic E-state index is -3.96. The average Bonchev–Trinajstić information content (AvgIpc) is 2.84. The van der Waals surface area contributed by atoms with Crippen molar-refractivity contribution < 1.29 is 27.9 Å². The molecule has 1 unspecified atom stereocenters. The first-order valence-electron chi connectivity index (χ1n) is 8.38. The van der Waals surface area contributed by atoms with Gasteiger partial charge in [0.1, 0.15) is 6.04 Å². The van der Waals surface area contributed by atoms with Crippen molar-refractivity contribution in [1.29, 1.82) is 0 Å². The number of ether oxygens (including phenoxy) is 1. The van der Waals surface area contributed by atoms with Crippen LogP contribution in [0.15, 0.2) is 24.3 Å². The van der Waals surface area contributed by atoms with E-state index >= 15 is 0 Å². The number of carbonyl (C=O) groups excluding carboxylic acids is 3. The van der Waals surface area contributed by atoms with Crippen LogP contribution in [0.1, 0.15) is 60.2 Å². The number of fused-ring (bicyclic) bond motifs is 1. The maximum Gasteiger partial charge on any atom is 0.379 e. The highest BCUT2D eigenvalue weighted by Gasteiger charge is 2.56. The Morgan fingerprint density at radius 1 is 1.12 bits per heavy atom. The third-order valence-corrected chi connectivity index (χ3v) is 4.18. The highest BCUT2D eigenvalue weighted by Crippen LogP contribution is 2.34. The molecule has 0 spiro atoms. The number of rotatable bonds is 8. The molecular weight excluding hydrogens is 332 g/mol. The summed E-state index contributed by atoms with van der Waals surface area (Å²) in [5.74, 6) is -7.28. The van der Waals surface area contributed by atoms with Crippen LogP contribution in [-0.2, 0) is 9.53 Å². The van der Waals surface area contributed by atoms with E-state index in [1.54, 1.807) is 12.1 Å². The van der Waals surface area contributed by atoms with Crippen molar-refractivity contribution >= 4 is 17.8 Å². The summed E-state index contributed by atoms with van der Waals surface area (Å²) < 4.78 is 33.9. The van der Waals surface area contributed by atoms with Gasteiger partial charge in [-0.3, -0.25) is 14.5 Å². The molecule has 136 valence electrons. The summed E-state index contributed by atoms with van der Waals surface area (Å²) in [6.07, 6.45) is 1.63. The van der Waals surface area contributed by atoms with Crippen LogP contribution in [0, 0.1) is 0 Å². The van der Waals surface area contributed by atoms with Crippen molar-refractivity contribution in [2.75, 3.05) is 6.61 Å². The van der Waals surface area contributed by atoms with Crippen molar-refractivity contribution in [2.45, 2.75) is 51.5 Å². The zero-order chi connectivity index (χ0) is 18.6. The van der Waals surface area contributed by atoms with Gasteiger partial charge in [0.05, 0.1) is 17.7 Å². The minimum absolute atomic E-state index is 0.0765. The van der Waals surface area contributed by atoms with Crippen LogP contribution >= 0.6 is 0 Å². The molecule has 0 aromatic heterocycles. The van der Waals surface area contributed by atoms with Crippen molar-refractivity contribution in [3.8, 4) is 0 Å². The lowest BCUT2D eigenvalue weighted by Gasteiger charge is -2.31. The highest BCUT2D eigenvalue weighted by atomic mass is 19.3. The molecule has 5 nitrogen and oxygen atoms in total. The van der Waals surface area contributed by atoms with Crippen molar-refractivity contribution in [1.82, 2.24) is 4.90 Å². The van der Waals surface area contributed by atoms with Gasteiger partial charge in [-0.2, -0.15) is 8.78 Å². The van der Waals surface area contributed by atoms with Gasteiger partial charge in [0.2, 0.25) is 0 Å². The quantitative estimate of drug-likeness (QED) is 0.408. The summed E-state index contributed by atoms with van der Waals surface area (Å²) in [5, 5.41) is 0. The van der Waals surface area contributed by atoms with Crippen LogP contribution in [-0.4, -0.2) is 41.3 Å². The summed E-state index contributed by atoms with van der Waals surface area (Å²) in [6, 6.07) is 4.10. The number of hydrogen-bond donors (Lipinski definition) is 0. The summed E-state index contributed by atoms with van der Waals surface area (Å²) in [4.78, 5) is 37.3. The van der Waals surface area contributed by atoms with E-state index in [0.717, 1.165) is 6.42 Å². The predicted molar refractivity (Wildman–Crippen MR) is 86.5 cm³/mol.